The molecule has 1 aromatic heterocycles. The van der Waals surface area contributed by atoms with E-state index in [9.17, 15) is 4.79 Å². The van der Waals surface area contributed by atoms with Crippen molar-refractivity contribution < 1.29 is 9.90 Å². The number of thiazole rings is 1. The normalized spacial score (nSPS) is 12.9. The number of nitrogens with zero attached hydrogens (tertiary/aromatic N) is 1. The van der Waals surface area contributed by atoms with E-state index in [1.807, 2.05) is 25.1 Å². The fourth-order valence-corrected chi connectivity index (χ4v) is 2.46. The quantitative estimate of drug-likeness (QED) is 0.851. The Kier molecular flexibility index (Phi) is 2.89. The maximum atomic E-state index is 11.0. The van der Waals surface area contributed by atoms with Gasteiger partial charge in [-0.3, -0.25) is 4.79 Å². The van der Waals surface area contributed by atoms with Gasteiger partial charge in [0.05, 0.1) is 21.1 Å². The molecule has 2 aromatic rings. The number of carbonyl (C=O) groups is 1. The SMILES string of the molecule is Cc1nc2cc(C(CN)C(=O)O)ccc2s1. The van der Waals surface area contributed by atoms with E-state index in [0.29, 0.717) is 5.56 Å². The number of nitrogens with two attached hydrogens (primary N) is 1. The lowest BCUT2D eigenvalue weighted by molar-refractivity contribution is -0.138. The summed E-state index contributed by atoms with van der Waals surface area (Å²) in [6, 6.07) is 5.52. The molecule has 84 valence electrons. The Morgan fingerprint density at radius 1 is 1.62 bits per heavy atom. The standard InChI is InChI=1S/C11H12N2O2S/c1-6-13-9-4-7(2-3-10(9)16-6)8(5-12)11(14)15/h2-4,8H,5,12H2,1H3,(H,14,15). The van der Waals surface area contributed by atoms with Crippen molar-refractivity contribution in [1.82, 2.24) is 4.98 Å². The van der Waals surface area contributed by atoms with Gasteiger partial charge in [0.1, 0.15) is 0 Å². The third-order valence-electron chi connectivity index (χ3n) is 2.45. The van der Waals surface area contributed by atoms with Crippen LogP contribution in [0, 0.1) is 6.92 Å². The van der Waals surface area contributed by atoms with Gasteiger partial charge in [-0.25, -0.2) is 4.98 Å². The van der Waals surface area contributed by atoms with E-state index in [-0.39, 0.29) is 6.54 Å². The molecule has 5 heteroatoms. The Labute approximate surface area is 96.7 Å². The lowest BCUT2D eigenvalue weighted by atomic mass is 9.99. The second-order valence-corrected chi connectivity index (χ2v) is 4.82. The number of rotatable bonds is 3. The molecule has 0 aliphatic carbocycles. The van der Waals surface area contributed by atoms with Gasteiger partial charge in [0.25, 0.3) is 0 Å². The summed E-state index contributed by atoms with van der Waals surface area (Å²) in [7, 11) is 0. The Morgan fingerprint density at radius 2 is 2.38 bits per heavy atom. The number of carboxylic acid groups (broad SMARTS) is 1. The summed E-state index contributed by atoms with van der Waals surface area (Å²) in [6.07, 6.45) is 0. The highest BCUT2D eigenvalue weighted by Crippen LogP contribution is 2.25. The summed E-state index contributed by atoms with van der Waals surface area (Å²) in [5.41, 5.74) is 7.02. The van der Waals surface area contributed by atoms with Crippen molar-refractivity contribution in [3.8, 4) is 0 Å². The summed E-state index contributed by atoms with van der Waals surface area (Å²) in [5.74, 6) is -1.54. The summed E-state index contributed by atoms with van der Waals surface area (Å²) in [5, 5.41) is 9.98. The second-order valence-electron chi connectivity index (χ2n) is 3.59. The predicted molar refractivity (Wildman–Crippen MR) is 63.8 cm³/mol. The van der Waals surface area contributed by atoms with Gasteiger partial charge in [-0.15, -0.1) is 11.3 Å². The van der Waals surface area contributed by atoms with Crippen LogP contribution in [0.1, 0.15) is 16.5 Å². The number of aromatic nitrogens is 1. The van der Waals surface area contributed by atoms with E-state index in [4.69, 9.17) is 10.8 Å². The van der Waals surface area contributed by atoms with Crippen LogP contribution < -0.4 is 5.73 Å². The number of fused-ring (bicyclic) bond motifs is 1. The average Bonchev–Trinajstić information content (AvgIpc) is 2.57. The minimum absolute atomic E-state index is 0.101. The van der Waals surface area contributed by atoms with Crippen molar-refractivity contribution in [3.63, 3.8) is 0 Å². The molecule has 1 heterocycles. The number of aliphatic carboxylic acids is 1. The fourth-order valence-electron chi connectivity index (χ4n) is 1.66. The highest BCUT2D eigenvalue weighted by atomic mass is 32.1. The van der Waals surface area contributed by atoms with Crippen molar-refractivity contribution in [2.45, 2.75) is 12.8 Å². The number of hydrogen-bond acceptors (Lipinski definition) is 4. The largest absolute Gasteiger partial charge is 0.481 e. The van der Waals surface area contributed by atoms with Crippen LogP contribution in [0.5, 0.6) is 0 Å². The molecule has 0 bridgehead atoms. The molecule has 0 spiro atoms. The Morgan fingerprint density at radius 3 is 3.00 bits per heavy atom. The first-order valence-corrected chi connectivity index (χ1v) is 5.73. The molecular formula is C11H12N2O2S. The molecule has 2 rings (SSSR count). The van der Waals surface area contributed by atoms with E-state index >= 15 is 0 Å². The monoisotopic (exact) mass is 236 g/mol. The van der Waals surface area contributed by atoms with Gasteiger partial charge in [-0.05, 0) is 24.6 Å². The molecule has 1 aromatic carbocycles. The second kappa shape index (κ2) is 4.19. The van der Waals surface area contributed by atoms with Gasteiger partial charge in [0.15, 0.2) is 0 Å². The molecule has 1 unspecified atom stereocenters. The van der Waals surface area contributed by atoms with E-state index in [1.54, 1.807) is 11.3 Å². The van der Waals surface area contributed by atoms with Gasteiger partial charge in [0, 0.05) is 6.54 Å². The lowest BCUT2D eigenvalue weighted by Crippen LogP contribution is -2.20. The van der Waals surface area contributed by atoms with Crippen molar-refractivity contribution in [3.05, 3.63) is 28.8 Å². The van der Waals surface area contributed by atoms with E-state index in [1.165, 1.54) is 0 Å². The Balaban J connectivity index is 2.48. The first-order valence-electron chi connectivity index (χ1n) is 4.92. The molecule has 4 nitrogen and oxygen atoms in total. The van der Waals surface area contributed by atoms with Crippen LogP contribution in [0.15, 0.2) is 18.2 Å². The number of benzene rings is 1. The highest BCUT2D eigenvalue weighted by molar-refractivity contribution is 7.18. The maximum Gasteiger partial charge on any atom is 0.312 e. The summed E-state index contributed by atoms with van der Waals surface area (Å²) in [4.78, 5) is 15.3. The molecule has 0 aliphatic rings. The van der Waals surface area contributed by atoms with Crippen molar-refractivity contribution in [2.75, 3.05) is 6.54 Å². The van der Waals surface area contributed by atoms with Crippen LogP contribution in [0.3, 0.4) is 0 Å². The van der Waals surface area contributed by atoms with Crippen LogP contribution in [-0.4, -0.2) is 22.6 Å². The molecule has 16 heavy (non-hydrogen) atoms. The highest BCUT2D eigenvalue weighted by Gasteiger charge is 2.18. The topological polar surface area (TPSA) is 76.2 Å². The van der Waals surface area contributed by atoms with Gasteiger partial charge < -0.3 is 10.8 Å². The zero-order valence-electron chi connectivity index (χ0n) is 8.80. The summed E-state index contributed by atoms with van der Waals surface area (Å²) >= 11 is 1.60. The first-order chi connectivity index (χ1) is 7.61. The van der Waals surface area contributed by atoms with Crippen LogP contribution in [0.25, 0.3) is 10.2 Å². The van der Waals surface area contributed by atoms with Crippen LogP contribution in [0.2, 0.25) is 0 Å². The fraction of sp³-hybridized carbons (Fsp3) is 0.273. The van der Waals surface area contributed by atoms with Gasteiger partial charge in [-0.2, -0.15) is 0 Å². The predicted octanol–water partition coefficient (Wildman–Crippen LogP) is 1.73. The Hall–Kier alpha value is -1.46. The summed E-state index contributed by atoms with van der Waals surface area (Å²) in [6.45, 7) is 2.03. The summed E-state index contributed by atoms with van der Waals surface area (Å²) < 4.78 is 1.07. The Bertz CT molecular complexity index is 536. The third-order valence-corrected chi connectivity index (χ3v) is 3.41. The first kappa shape index (κ1) is 11.0. The van der Waals surface area contributed by atoms with E-state index < -0.39 is 11.9 Å². The van der Waals surface area contributed by atoms with Gasteiger partial charge >= 0.3 is 5.97 Å². The van der Waals surface area contributed by atoms with Crippen molar-refractivity contribution in [1.29, 1.82) is 0 Å². The molecule has 0 saturated heterocycles. The number of hydrogen-bond donors (Lipinski definition) is 2. The minimum atomic E-state index is -0.895. The number of aryl methyl sites for hydroxylation is 1. The lowest BCUT2D eigenvalue weighted by Gasteiger charge is -2.09. The molecule has 3 N–H and O–H groups in total. The number of carboxylic acids is 1. The smallest absolute Gasteiger partial charge is 0.312 e. The van der Waals surface area contributed by atoms with E-state index in [2.05, 4.69) is 4.98 Å². The minimum Gasteiger partial charge on any atom is -0.481 e. The molecule has 0 fully saturated rings. The third kappa shape index (κ3) is 1.91. The van der Waals surface area contributed by atoms with Crippen molar-refractivity contribution >= 4 is 27.5 Å². The molecular weight excluding hydrogens is 224 g/mol. The molecule has 0 saturated carbocycles. The molecule has 0 amide bonds. The van der Waals surface area contributed by atoms with Gasteiger partial charge in [-0.1, -0.05) is 6.07 Å². The molecule has 0 radical (unpaired) electrons. The van der Waals surface area contributed by atoms with E-state index in [0.717, 1.165) is 15.2 Å². The van der Waals surface area contributed by atoms with Gasteiger partial charge in [0.2, 0.25) is 0 Å². The zero-order valence-corrected chi connectivity index (χ0v) is 9.62. The zero-order chi connectivity index (χ0) is 11.7. The van der Waals surface area contributed by atoms with Crippen molar-refractivity contribution in [2.24, 2.45) is 5.73 Å². The van der Waals surface area contributed by atoms with Crippen LogP contribution in [0.4, 0.5) is 0 Å². The average molecular weight is 236 g/mol. The van der Waals surface area contributed by atoms with Crippen LogP contribution in [-0.2, 0) is 4.79 Å². The molecule has 1 atom stereocenters. The maximum absolute atomic E-state index is 11.0. The van der Waals surface area contributed by atoms with Crippen LogP contribution >= 0.6 is 11.3 Å². The molecule has 0 aliphatic heterocycles.